The van der Waals surface area contributed by atoms with E-state index in [4.69, 9.17) is 0 Å². The molecule has 4 rings (SSSR count). The van der Waals surface area contributed by atoms with Crippen LogP contribution in [0.15, 0.2) is 103 Å². The fraction of sp³-hybridized carbons (Fsp3) is 0.0400. The summed E-state index contributed by atoms with van der Waals surface area (Å²) in [6.45, 7) is 2.13. The number of aryl methyl sites for hydroxylation is 1. The van der Waals surface area contributed by atoms with Crippen molar-refractivity contribution >= 4 is 17.2 Å². The van der Waals surface area contributed by atoms with E-state index in [2.05, 4.69) is 110 Å². The van der Waals surface area contributed by atoms with Crippen molar-refractivity contribution in [2.75, 3.05) is 0 Å². The van der Waals surface area contributed by atoms with Gasteiger partial charge in [0.2, 0.25) is 0 Å². The molecule has 120 valence electrons. The van der Waals surface area contributed by atoms with Crippen molar-refractivity contribution in [3.8, 4) is 0 Å². The first-order valence-electron chi connectivity index (χ1n) is 8.62. The maximum atomic E-state index is 2.30. The molecule has 25 heavy (non-hydrogen) atoms. The highest BCUT2D eigenvalue weighted by molar-refractivity contribution is 6.02. The van der Waals surface area contributed by atoms with Crippen molar-refractivity contribution in [3.63, 3.8) is 0 Å². The van der Waals surface area contributed by atoms with Crippen LogP contribution in [-0.4, -0.2) is 0 Å². The van der Waals surface area contributed by atoms with E-state index in [9.17, 15) is 0 Å². The third-order valence-electron chi connectivity index (χ3n) is 4.48. The molecular formula is C25H20. The van der Waals surface area contributed by atoms with Gasteiger partial charge < -0.3 is 0 Å². The molecule has 0 amide bonds. The largest absolute Gasteiger partial charge is 0.0622 e. The summed E-state index contributed by atoms with van der Waals surface area (Å²) in [5.74, 6) is 0. The summed E-state index contributed by atoms with van der Waals surface area (Å²) in [5, 5.41) is 0. The van der Waals surface area contributed by atoms with Crippen LogP contribution < -0.4 is 0 Å². The maximum absolute atomic E-state index is 2.30. The van der Waals surface area contributed by atoms with Crippen molar-refractivity contribution in [3.05, 3.63) is 125 Å². The Bertz CT molecular complexity index is 971. The second-order valence-corrected chi connectivity index (χ2v) is 6.40. The van der Waals surface area contributed by atoms with Gasteiger partial charge in [-0.05, 0) is 58.6 Å². The molecule has 0 aromatic heterocycles. The minimum absolute atomic E-state index is 1.24. The van der Waals surface area contributed by atoms with E-state index in [0.29, 0.717) is 0 Å². The van der Waals surface area contributed by atoms with Crippen LogP contribution in [-0.2, 0) is 0 Å². The second kappa shape index (κ2) is 6.78. The highest BCUT2D eigenvalue weighted by Crippen LogP contribution is 2.37. The van der Waals surface area contributed by atoms with Gasteiger partial charge in [0.05, 0.1) is 0 Å². The van der Waals surface area contributed by atoms with Gasteiger partial charge in [-0.3, -0.25) is 0 Å². The molecule has 1 aliphatic carbocycles. The minimum atomic E-state index is 1.24. The Morgan fingerprint density at radius 3 is 2.00 bits per heavy atom. The van der Waals surface area contributed by atoms with E-state index < -0.39 is 0 Å². The lowest BCUT2D eigenvalue weighted by Crippen LogP contribution is -1.85. The summed E-state index contributed by atoms with van der Waals surface area (Å²) in [6.07, 6.45) is 6.87. The van der Waals surface area contributed by atoms with Gasteiger partial charge in [-0.25, -0.2) is 0 Å². The van der Waals surface area contributed by atoms with Crippen molar-refractivity contribution in [1.29, 1.82) is 0 Å². The Morgan fingerprint density at radius 2 is 1.32 bits per heavy atom. The summed E-state index contributed by atoms with van der Waals surface area (Å²) in [6, 6.07) is 29.8. The second-order valence-electron chi connectivity index (χ2n) is 6.40. The molecule has 0 unspecified atom stereocenters. The van der Waals surface area contributed by atoms with Crippen LogP contribution >= 0.6 is 0 Å². The molecule has 1 aliphatic rings. The summed E-state index contributed by atoms with van der Waals surface area (Å²) < 4.78 is 0. The molecule has 0 saturated heterocycles. The molecule has 0 heterocycles. The van der Waals surface area contributed by atoms with Gasteiger partial charge in [0.1, 0.15) is 0 Å². The zero-order chi connectivity index (χ0) is 17.1. The minimum Gasteiger partial charge on any atom is -0.0622 e. The molecule has 0 aliphatic heterocycles. The highest BCUT2D eigenvalue weighted by Gasteiger charge is 2.15. The predicted octanol–water partition coefficient (Wildman–Crippen LogP) is 6.56. The Hall–Kier alpha value is -3.12. The third kappa shape index (κ3) is 3.39. The van der Waals surface area contributed by atoms with Gasteiger partial charge in [0, 0.05) is 0 Å². The van der Waals surface area contributed by atoms with E-state index in [-0.39, 0.29) is 0 Å². The Kier molecular flexibility index (Phi) is 4.18. The van der Waals surface area contributed by atoms with Gasteiger partial charge in [0.25, 0.3) is 0 Å². The first-order valence-corrected chi connectivity index (χ1v) is 8.62. The summed E-state index contributed by atoms with van der Waals surface area (Å²) >= 11 is 0. The summed E-state index contributed by atoms with van der Waals surface area (Å²) in [7, 11) is 0. The molecular weight excluding hydrogens is 300 g/mol. The maximum Gasteiger partial charge on any atom is -0.0105 e. The van der Waals surface area contributed by atoms with E-state index in [0.717, 1.165) is 0 Å². The van der Waals surface area contributed by atoms with Gasteiger partial charge in [-0.15, -0.1) is 0 Å². The van der Waals surface area contributed by atoms with Gasteiger partial charge in [0.15, 0.2) is 0 Å². The molecule has 0 heteroatoms. The van der Waals surface area contributed by atoms with E-state index in [1.807, 2.05) is 0 Å². The Morgan fingerprint density at radius 1 is 0.640 bits per heavy atom. The molecule has 0 nitrogen and oxygen atoms in total. The number of allylic oxidation sites excluding steroid dienone is 5. The smallest absolute Gasteiger partial charge is 0.0105 e. The molecule has 3 aromatic rings. The van der Waals surface area contributed by atoms with Gasteiger partial charge >= 0.3 is 0 Å². The van der Waals surface area contributed by atoms with E-state index in [1.54, 1.807) is 0 Å². The lowest BCUT2D eigenvalue weighted by atomic mass is 9.98. The molecule has 0 spiro atoms. The number of hydrogen-bond donors (Lipinski definition) is 0. The van der Waals surface area contributed by atoms with Crippen molar-refractivity contribution in [2.24, 2.45) is 0 Å². The lowest BCUT2D eigenvalue weighted by molar-refractivity contribution is 1.46. The highest BCUT2D eigenvalue weighted by atomic mass is 14.2. The molecule has 0 fully saturated rings. The Balaban J connectivity index is 1.82. The standard InChI is InChI=1S/C25H20/c1-19-9-8-10-20(15-19)16-24-17-23(21-11-4-2-5-12-21)18-25(24)22-13-6-3-7-14-22/h2-18H,1H3/b24-16+. The van der Waals surface area contributed by atoms with E-state index >= 15 is 0 Å². The van der Waals surface area contributed by atoms with Crippen LogP contribution in [0.1, 0.15) is 22.3 Å². The monoisotopic (exact) mass is 320 g/mol. The van der Waals surface area contributed by atoms with Crippen molar-refractivity contribution in [1.82, 2.24) is 0 Å². The molecule has 3 aromatic carbocycles. The van der Waals surface area contributed by atoms with Crippen LogP contribution in [0, 0.1) is 6.92 Å². The SMILES string of the molecule is Cc1cccc(/C=C2\C=C(c3ccccc3)C=C2c2ccccc2)c1. The van der Waals surface area contributed by atoms with Crippen LogP contribution in [0.25, 0.3) is 17.2 Å². The quantitative estimate of drug-likeness (QED) is 0.512. The fourth-order valence-electron chi connectivity index (χ4n) is 3.25. The van der Waals surface area contributed by atoms with E-state index in [1.165, 1.54) is 39.0 Å². The molecule has 0 atom stereocenters. The zero-order valence-electron chi connectivity index (χ0n) is 14.3. The predicted molar refractivity (Wildman–Crippen MR) is 108 cm³/mol. The first kappa shape index (κ1) is 15.4. The molecule has 0 N–H and O–H groups in total. The van der Waals surface area contributed by atoms with Crippen LogP contribution in [0.4, 0.5) is 0 Å². The molecule has 0 saturated carbocycles. The van der Waals surface area contributed by atoms with Gasteiger partial charge in [-0.1, -0.05) is 90.5 Å². The third-order valence-corrected chi connectivity index (χ3v) is 4.48. The summed E-state index contributed by atoms with van der Waals surface area (Å²) in [4.78, 5) is 0. The normalized spacial score (nSPS) is 15.2. The molecule has 0 bridgehead atoms. The number of benzene rings is 3. The average Bonchev–Trinajstić information content (AvgIpc) is 3.07. The number of rotatable bonds is 3. The van der Waals surface area contributed by atoms with Crippen LogP contribution in [0.3, 0.4) is 0 Å². The van der Waals surface area contributed by atoms with Crippen molar-refractivity contribution < 1.29 is 0 Å². The Labute approximate surface area is 149 Å². The van der Waals surface area contributed by atoms with Crippen LogP contribution in [0.2, 0.25) is 0 Å². The summed E-state index contributed by atoms with van der Waals surface area (Å²) in [5.41, 5.74) is 8.83. The first-order chi connectivity index (χ1) is 12.3. The number of hydrogen-bond acceptors (Lipinski definition) is 0. The van der Waals surface area contributed by atoms with Crippen LogP contribution in [0.5, 0.6) is 0 Å². The lowest BCUT2D eigenvalue weighted by Gasteiger charge is -2.06. The average molecular weight is 320 g/mol. The fourth-order valence-corrected chi connectivity index (χ4v) is 3.25. The van der Waals surface area contributed by atoms with Gasteiger partial charge in [-0.2, -0.15) is 0 Å². The zero-order valence-corrected chi connectivity index (χ0v) is 14.3. The topological polar surface area (TPSA) is 0 Å². The van der Waals surface area contributed by atoms with Crippen molar-refractivity contribution in [2.45, 2.75) is 6.92 Å². The molecule has 0 radical (unpaired) electrons.